The lowest BCUT2D eigenvalue weighted by Crippen LogP contribution is -2.08. The molecule has 0 fully saturated rings. The maximum atomic E-state index is 11.0. The maximum absolute atomic E-state index is 11.0. The third-order valence-electron chi connectivity index (χ3n) is 2.71. The van der Waals surface area contributed by atoms with Gasteiger partial charge in [-0.25, -0.2) is 0 Å². The molecule has 100 valence electrons. The Balaban J connectivity index is 2.39. The van der Waals surface area contributed by atoms with E-state index in [1.165, 1.54) is 0 Å². The minimum absolute atomic E-state index is 0.116. The van der Waals surface area contributed by atoms with Crippen molar-refractivity contribution in [2.45, 2.75) is 19.3 Å². The number of hydrogen-bond acceptors (Lipinski definition) is 5. The molecule has 1 unspecified atom stereocenters. The molecule has 19 heavy (non-hydrogen) atoms. The highest BCUT2D eigenvalue weighted by Crippen LogP contribution is 2.29. The zero-order valence-electron chi connectivity index (χ0n) is 10.7. The van der Waals surface area contributed by atoms with E-state index in [-0.39, 0.29) is 6.42 Å². The van der Waals surface area contributed by atoms with Gasteiger partial charge in [-0.3, -0.25) is 4.79 Å². The number of aliphatic carboxylic acids is 1. The molecule has 0 bridgehead atoms. The molecule has 0 aliphatic rings. The molecule has 0 amide bonds. The zero-order valence-corrected chi connectivity index (χ0v) is 10.7. The molecule has 6 nitrogen and oxygen atoms in total. The molecule has 1 aromatic carbocycles. The highest BCUT2D eigenvalue weighted by molar-refractivity contribution is 5.68. The Bertz CT molecular complexity index is 580. The first-order valence-corrected chi connectivity index (χ1v) is 5.76. The molecule has 2 rings (SSSR count). The molecule has 1 aromatic heterocycles. The van der Waals surface area contributed by atoms with E-state index in [0.717, 1.165) is 5.56 Å². The summed E-state index contributed by atoms with van der Waals surface area (Å²) in [5, 5.41) is 16.7. The quantitative estimate of drug-likeness (QED) is 0.886. The largest absolute Gasteiger partial charge is 0.497 e. The smallest absolute Gasteiger partial charge is 0.304 e. The van der Waals surface area contributed by atoms with Crippen LogP contribution in [0.1, 0.15) is 29.7 Å². The average molecular weight is 262 g/mol. The van der Waals surface area contributed by atoms with Gasteiger partial charge < -0.3 is 14.3 Å². The summed E-state index contributed by atoms with van der Waals surface area (Å²) in [6, 6.07) is 7.18. The summed E-state index contributed by atoms with van der Waals surface area (Å²) >= 11 is 0. The summed E-state index contributed by atoms with van der Waals surface area (Å²) in [6.45, 7) is 1.67. The summed E-state index contributed by atoms with van der Waals surface area (Å²) in [6.07, 6.45) is -0.116. The van der Waals surface area contributed by atoms with Gasteiger partial charge in [-0.15, -0.1) is 10.2 Å². The predicted molar refractivity (Wildman–Crippen MR) is 66.1 cm³/mol. The molecule has 1 atom stereocenters. The number of ether oxygens (including phenoxy) is 1. The van der Waals surface area contributed by atoms with Crippen molar-refractivity contribution in [3.8, 4) is 5.75 Å². The first-order chi connectivity index (χ1) is 9.10. The lowest BCUT2D eigenvalue weighted by Gasteiger charge is -2.12. The lowest BCUT2D eigenvalue weighted by molar-refractivity contribution is -0.137. The summed E-state index contributed by atoms with van der Waals surface area (Å²) in [7, 11) is 1.56. The van der Waals surface area contributed by atoms with Gasteiger partial charge in [-0.1, -0.05) is 12.1 Å². The number of rotatable bonds is 5. The van der Waals surface area contributed by atoms with Crippen molar-refractivity contribution in [3.05, 3.63) is 41.6 Å². The zero-order chi connectivity index (χ0) is 13.8. The van der Waals surface area contributed by atoms with Gasteiger partial charge in [-0.05, 0) is 17.7 Å². The third kappa shape index (κ3) is 3.09. The van der Waals surface area contributed by atoms with E-state index in [9.17, 15) is 4.79 Å². The first-order valence-electron chi connectivity index (χ1n) is 5.76. The van der Waals surface area contributed by atoms with Gasteiger partial charge in [0.25, 0.3) is 0 Å². The van der Waals surface area contributed by atoms with Crippen LogP contribution in [-0.2, 0) is 4.79 Å². The van der Waals surface area contributed by atoms with Crippen molar-refractivity contribution in [1.82, 2.24) is 10.2 Å². The van der Waals surface area contributed by atoms with Gasteiger partial charge in [-0.2, -0.15) is 0 Å². The number of carboxylic acid groups (broad SMARTS) is 1. The summed E-state index contributed by atoms with van der Waals surface area (Å²) in [5.74, 6) is -0.0389. The minimum Gasteiger partial charge on any atom is -0.497 e. The number of methoxy groups -OCH3 is 1. The predicted octanol–water partition coefficient (Wildman–Crippen LogP) is 1.99. The fourth-order valence-corrected chi connectivity index (χ4v) is 1.83. The molecular weight excluding hydrogens is 248 g/mol. The number of aryl methyl sites for hydroxylation is 1. The van der Waals surface area contributed by atoms with Crippen LogP contribution in [0.4, 0.5) is 0 Å². The minimum atomic E-state index is -0.927. The van der Waals surface area contributed by atoms with Crippen LogP contribution in [0.25, 0.3) is 0 Å². The van der Waals surface area contributed by atoms with Gasteiger partial charge in [0.1, 0.15) is 5.75 Å². The number of carbonyl (C=O) groups is 1. The van der Waals surface area contributed by atoms with Crippen molar-refractivity contribution in [2.24, 2.45) is 0 Å². The Labute approximate surface area is 110 Å². The van der Waals surface area contributed by atoms with Crippen LogP contribution in [0.5, 0.6) is 5.75 Å². The number of aromatic nitrogens is 2. The van der Waals surface area contributed by atoms with Crippen LogP contribution in [0, 0.1) is 6.92 Å². The monoisotopic (exact) mass is 262 g/mol. The van der Waals surface area contributed by atoms with Crippen molar-refractivity contribution >= 4 is 5.97 Å². The molecule has 0 spiro atoms. The van der Waals surface area contributed by atoms with Crippen molar-refractivity contribution < 1.29 is 19.1 Å². The number of benzene rings is 1. The second kappa shape index (κ2) is 5.51. The Hall–Kier alpha value is -2.37. The van der Waals surface area contributed by atoms with Crippen LogP contribution >= 0.6 is 0 Å². The Morgan fingerprint density at radius 2 is 2.26 bits per heavy atom. The summed E-state index contributed by atoms with van der Waals surface area (Å²) in [5.41, 5.74) is 0.769. The lowest BCUT2D eigenvalue weighted by atomic mass is 9.95. The molecule has 2 aromatic rings. The number of carboxylic acids is 1. The Kier molecular flexibility index (Phi) is 3.79. The molecule has 0 saturated heterocycles. The van der Waals surface area contributed by atoms with E-state index in [2.05, 4.69) is 10.2 Å². The van der Waals surface area contributed by atoms with Crippen LogP contribution in [0.2, 0.25) is 0 Å². The molecule has 0 aliphatic carbocycles. The van der Waals surface area contributed by atoms with Crippen LogP contribution in [0.3, 0.4) is 0 Å². The Morgan fingerprint density at radius 3 is 2.84 bits per heavy atom. The van der Waals surface area contributed by atoms with E-state index in [4.69, 9.17) is 14.3 Å². The van der Waals surface area contributed by atoms with Gasteiger partial charge in [0.05, 0.1) is 19.4 Å². The molecule has 6 heteroatoms. The molecule has 1 N–H and O–H groups in total. The highest BCUT2D eigenvalue weighted by atomic mass is 16.5. The van der Waals surface area contributed by atoms with Gasteiger partial charge in [0, 0.05) is 6.92 Å². The first kappa shape index (κ1) is 13.1. The summed E-state index contributed by atoms with van der Waals surface area (Å²) < 4.78 is 10.5. The second-order valence-electron chi connectivity index (χ2n) is 4.09. The van der Waals surface area contributed by atoms with Crippen molar-refractivity contribution in [1.29, 1.82) is 0 Å². The number of nitrogens with zero attached hydrogens (tertiary/aromatic N) is 2. The second-order valence-corrected chi connectivity index (χ2v) is 4.09. The molecule has 0 radical (unpaired) electrons. The Morgan fingerprint density at radius 1 is 1.47 bits per heavy atom. The van der Waals surface area contributed by atoms with Crippen molar-refractivity contribution in [2.75, 3.05) is 7.11 Å². The van der Waals surface area contributed by atoms with Gasteiger partial charge >= 0.3 is 5.97 Å². The average Bonchev–Trinajstić information content (AvgIpc) is 2.82. The van der Waals surface area contributed by atoms with E-state index < -0.39 is 11.9 Å². The summed E-state index contributed by atoms with van der Waals surface area (Å²) in [4.78, 5) is 11.0. The van der Waals surface area contributed by atoms with Crippen LogP contribution in [0.15, 0.2) is 28.7 Å². The van der Waals surface area contributed by atoms with Crippen LogP contribution < -0.4 is 4.74 Å². The standard InChI is InChI=1S/C13H14N2O4/c1-8-14-15-13(19-8)11(7-12(16)17)9-4-3-5-10(6-9)18-2/h3-6,11H,7H2,1-2H3,(H,16,17). The van der Waals surface area contributed by atoms with Crippen LogP contribution in [-0.4, -0.2) is 28.4 Å². The number of hydrogen-bond donors (Lipinski definition) is 1. The van der Waals surface area contributed by atoms with E-state index in [1.54, 1.807) is 32.2 Å². The van der Waals surface area contributed by atoms with Gasteiger partial charge in [0.2, 0.25) is 11.8 Å². The molecule has 1 heterocycles. The van der Waals surface area contributed by atoms with Crippen molar-refractivity contribution in [3.63, 3.8) is 0 Å². The SMILES string of the molecule is COc1cccc(C(CC(=O)O)c2nnc(C)o2)c1. The molecule has 0 saturated carbocycles. The fourth-order valence-electron chi connectivity index (χ4n) is 1.83. The van der Waals surface area contributed by atoms with E-state index in [0.29, 0.717) is 17.5 Å². The third-order valence-corrected chi connectivity index (χ3v) is 2.71. The fraction of sp³-hybridized carbons (Fsp3) is 0.308. The van der Waals surface area contributed by atoms with Gasteiger partial charge in [0.15, 0.2) is 0 Å². The van der Waals surface area contributed by atoms with E-state index >= 15 is 0 Å². The topological polar surface area (TPSA) is 85.5 Å². The molecule has 0 aliphatic heterocycles. The normalized spacial score (nSPS) is 12.1. The molecular formula is C13H14N2O4. The highest BCUT2D eigenvalue weighted by Gasteiger charge is 2.23. The maximum Gasteiger partial charge on any atom is 0.304 e. The van der Waals surface area contributed by atoms with E-state index in [1.807, 2.05) is 6.07 Å².